The standard InChI is InChI=1S/C21H24N2O3/c1-3-22-12-13-23(15-16-8-6-5-7-9-16)19-14-17(21(25)26-4-2)10-11-18(19)20(22)24/h5-11,14H,3-4,12-13,15H2,1-2H3. The maximum Gasteiger partial charge on any atom is 0.338 e. The molecule has 136 valence electrons. The van der Waals surface area contributed by atoms with Crippen molar-refractivity contribution in [1.29, 1.82) is 0 Å². The minimum atomic E-state index is -0.362. The van der Waals surface area contributed by atoms with E-state index in [1.165, 1.54) is 0 Å². The lowest BCUT2D eigenvalue weighted by atomic mass is 10.1. The summed E-state index contributed by atoms with van der Waals surface area (Å²) in [5, 5.41) is 0. The highest BCUT2D eigenvalue weighted by molar-refractivity contribution is 6.02. The lowest BCUT2D eigenvalue weighted by molar-refractivity contribution is 0.0526. The Hall–Kier alpha value is -2.82. The Kier molecular flexibility index (Phi) is 5.56. The van der Waals surface area contributed by atoms with E-state index in [1.807, 2.05) is 30.0 Å². The van der Waals surface area contributed by atoms with E-state index in [9.17, 15) is 9.59 Å². The summed E-state index contributed by atoms with van der Waals surface area (Å²) in [7, 11) is 0. The summed E-state index contributed by atoms with van der Waals surface area (Å²) in [5.74, 6) is -0.354. The average Bonchev–Trinajstić information content (AvgIpc) is 2.80. The van der Waals surface area contributed by atoms with Gasteiger partial charge < -0.3 is 14.5 Å². The van der Waals surface area contributed by atoms with E-state index in [0.717, 1.165) is 11.3 Å². The van der Waals surface area contributed by atoms with Crippen molar-refractivity contribution in [2.45, 2.75) is 20.4 Å². The van der Waals surface area contributed by atoms with Gasteiger partial charge in [-0.3, -0.25) is 4.79 Å². The Morgan fingerprint density at radius 3 is 2.46 bits per heavy atom. The van der Waals surface area contributed by atoms with Crippen LogP contribution in [0.15, 0.2) is 48.5 Å². The molecule has 5 nitrogen and oxygen atoms in total. The Labute approximate surface area is 154 Å². The smallest absolute Gasteiger partial charge is 0.338 e. The van der Waals surface area contributed by atoms with Crippen LogP contribution >= 0.6 is 0 Å². The molecule has 5 heteroatoms. The van der Waals surface area contributed by atoms with Gasteiger partial charge in [0.05, 0.1) is 23.4 Å². The maximum absolute atomic E-state index is 12.9. The number of likely N-dealkylation sites (N-methyl/N-ethyl adjacent to an activating group) is 1. The molecule has 0 N–H and O–H groups in total. The van der Waals surface area contributed by atoms with Crippen molar-refractivity contribution in [3.8, 4) is 0 Å². The normalized spacial score (nSPS) is 14.0. The van der Waals surface area contributed by atoms with Crippen LogP contribution in [0.2, 0.25) is 0 Å². The van der Waals surface area contributed by atoms with Crippen LogP contribution in [0.3, 0.4) is 0 Å². The zero-order valence-electron chi connectivity index (χ0n) is 15.3. The summed E-state index contributed by atoms with van der Waals surface area (Å²) in [5.41, 5.74) is 3.06. The quantitative estimate of drug-likeness (QED) is 0.775. The van der Waals surface area contributed by atoms with Crippen molar-refractivity contribution in [2.24, 2.45) is 0 Å². The van der Waals surface area contributed by atoms with Gasteiger partial charge in [0.25, 0.3) is 5.91 Å². The molecular weight excluding hydrogens is 328 g/mol. The maximum atomic E-state index is 12.9. The van der Waals surface area contributed by atoms with Gasteiger partial charge in [0.2, 0.25) is 0 Å². The van der Waals surface area contributed by atoms with Crippen LogP contribution in [-0.4, -0.2) is 43.0 Å². The van der Waals surface area contributed by atoms with Crippen molar-refractivity contribution in [3.05, 3.63) is 65.2 Å². The Morgan fingerprint density at radius 2 is 1.77 bits per heavy atom. The highest BCUT2D eigenvalue weighted by Gasteiger charge is 2.26. The van der Waals surface area contributed by atoms with Gasteiger partial charge in [0, 0.05) is 26.2 Å². The van der Waals surface area contributed by atoms with Crippen LogP contribution < -0.4 is 4.90 Å². The largest absolute Gasteiger partial charge is 0.462 e. The molecule has 0 radical (unpaired) electrons. The van der Waals surface area contributed by atoms with E-state index in [1.54, 1.807) is 25.1 Å². The molecule has 0 aromatic heterocycles. The molecule has 1 aliphatic heterocycles. The van der Waals surface area contributed by atoms with Crippen molar-refractivity contribution in [3.63, 3.8) is 0 Å². The first-order chi connectivity index (χ1) is 12.6. The monoisotopic (exact) mass is 352 g/mol. The molecule has 1 aliphatic rings. The van der Waals surface area contributed by atoms with Crippen LogP contribution in [0.5, 0.6) is 0 Å². The molecule has 0 saturated carbocycles. The van der Waals surface area contributed by atoms with Crippen molar-refractivity contribution in [1.82, 2.24) is 4.90 Å². The van der Waals surface area contributed by atoms with E-state index in [4.69, 9.17) is 4.74 Å². The number of anilines is 1. The molecule has 2 aromatic rings. The van der Waals surface area contributed by atoms with Gasteiger partial charge in [-0.1, -0.05) is 30.3 Å². The molecule has 0 atom stereocenters. The molecule has 1 heterocycles. The molecule has 0 bridgehead atoms. The fourth-order valence-electron chi connectivity index (χ4n) is 3.22. The minimum Gasteiger partial charge on any atom is -0.462 e. The van der Waals surface area contributed by atoms with Crippen molar-refractivity contribution < 1.29 is 14.3 Å². The number of benzene rings is 2. The first-order valence-electron chi connectivity index (χ1n) is 9.03. The van der Waals surface area contributed by atoms with Crippen LogP contribution in [0, 0.1) is 0 Å². The second-order valence-electron chi connectivity index (χ2n) is 6.24. The number of carbonyl (C=O) groups excluding carboxylic acids is 2. The number of carbonyl (C=O) groups is 2. The van der Waals surface area contributed by atoms with Gasteiger partial charge in [0.1, 0.15) is 0 Å². The number of amides is 1. The number of esters is 1. The summed E-state index contributed by atoms with van der Waals surface area (Å²) in [6.45, 7) is 6.82. The van der Waals surface area contributed by atoms with Gasteiger partial charge in [-0.15, -0.1) is 0 Å². The van der Waals surface area contributed by atoms with E-state index in [0.29, 0.717) is 43.9 Å². The van der Waals surface area contributed by atoms with Crippen LogP contribution in [0.4, 0.5) is 5.69 Å². The number of nitrogens with zero attached hydrogens (tertiary/aromatic N) is 2. The summed E-state index contributed by atoms with van der Waals surface area (Å²) in [4.78, 5) is 29.0. The average molecular weight is 352 g/mol. The first kappa shape index (κ1) is 18.0. The van der Waals surface area contributed by atoms with Crippen LogP contribution in [-0.2, 0) is 11.3 Å². The molecule has 0 aliphatic carbocycles. The second kappa shape index (κ2) is 8.04. The summed E-state index contributed by atoms with van der Waals surface area (Å²) < 4.78 is 5.12. The predicted octanol–water partition coefficient (Wildman–Crippen LogP) is 3.35. The molecule has 1 amide bonds. The molecule has 0 fully saturated rings. The summed E-state index contributed by atoms with van der Waals surface area (Å²) >= 11 is 0. The van der Waals surface area contributed by atoms with Crippen LogP contribution in [0.1, 0.15) is 40.1 Å². The van der Waals surface area contributed by atoms with E-state index >= 15 is 0 Å². The predicted molar refractivity (Wildman–Crippen MR) is 101 cm³/mol. The van der Waals surface area contributed by atoms with Gasteiger partial charge in [-0.25, -0.2) is 4.79 Å². The summed E-state index contributed by atoms with van der Waals surface area (Å²) in [6, 6.07) is 15.3. The van der Waals surface area contributed by atoms with E-state index in [-0.39, 0.29) is 11.9 Å². The lowest BCUT2D eigenvalue weighted by Gasteiger charge is -2.25. The van der Waals surface area contributed by atoms with Gasteiger partial charge in [-0.2, -0.15) is 0 Å². The SMILES string of the molecule is CCOC(=O)c1ccc2c(c1)N(Cc1ccccc1)CCN(CC)C2=O. The van der Waals surface area contributed by atoms with Gasteiger partial charge in [-0.05, 0) is 37.6 Å². The molecule has 0 unspecified atom stereocenters. The fourth-order valence-corrected chi connectivity index (χ4v) is 3.22. The third-order valence-corrected chi connectivity index (χ3v) is 4.60. The molecule has 3 rings (SSSR count). The topological polar surface area (TPSA) is 49.9 Å². The highest BCUT2D eigenvalue weighted by atomic mass is 16.5. The minimum absolute atomic E-state index is 0.00784. The zero-order chi connectivity index (χ0) is 18.5. The van der Waals surface area contributed by atoms with Gasteiger partial charge in [0.15, 0.2) is 0 Å². The molecule has 0 saturated heterocycles. The number of ether oxygens (including phenoxy) is 1. The first-order valence-corrected chi connectivity index (χ1v) is 9.03. The fraction of sp³-hybridized carbons (Fsp3) is 0.333. The molecule has 26 heavy (non-hydrogen) atoms. The molecule has 0 spiro atoms. The molecular formula is C21H24N2O3. The number of fused-ring (bicyclic) bond motifs is 1. The highest BCUT2D eigenvalue weighted by Crippen LogP contribution is 2.28. The number of rotatable bonds is 5. The summed E-state index contributed by atoms with van der Waals surface area (Å²) in [6.07, 6.45) is 0. The van der Waals surface area contributed by atoms with E-state index < -0.39 is 0 Å². The zero-order valence-corrected chi connectivity index (χ0v) is 15.3. The Bertz CT molecular complexity index is 789. The van der Waals surface area contributed by atoms with Crippen LogP contribution in [0.25, 0.3) is 0 Å². The Balaban J connectivity index is 2.01. The second-order valence-corrected chi connectivity index (χ2v) is 6.24. The lowest BCUT2D eigenvalue weighted by Crippen LogP contribution is -2.34. The van der Waals surface area contributed by atoms with Crippen molar-refractivity contribution in [2.75, 3.05) is 31.1 Å². The third-order valence-electron chi connectivity index (χ3n) is 4.60. The van der Waals surface area contributed by atoms with E-state index in [2.05, 4.69) is 17.0 Å². The number of hydrogen-bond acceptors (Lipinski definition) is 4. The van der Waals surface area contributed by atoms with Crippen molar-refractivity contribution >= 4 is 17.6 Å². The Morgan fingerprint density at radius 1 is 1.04 bits per heavy atom. The van der Waals surface area contributed by atoms with Gasteiger partial charge >= 0.3 is 5.97 Å². The number of hydrogen-bond donors (Lipinski definition) is 0. The molecule has 2 aromatic carbocycles. The third kappa shape index (κ3) is 3.72.